The summed E-state index contributed by atoms with van der Waals surface area (Å²) in [5.74, 6) is 0.194. The molecule has 0 fully saturated rings. The number of nitrogens with one attached hydrogen (secondary N) is 2. The summed E-state index contributed by atoms with van der Waals surface area (Å²) < 4.78 is 0. The second-order valence-electron chi connectivity index (χ2n) is 5.40. The smallest absolute Gasteiger partial charge is 0.227 e. The van der Waals surface area contributed by atoms with Crippen molar-refractivity contribution in [1.29, 1.82) is 0 Å². The van der Waals surface area contributed by atoms with Crippen molar-refractivity contribution in [2.24, 2.45) is 0 Å². The van der Waals surface area contributed by atoms with Crippen molar-refractivity contribution in [2.75, 3.05) is 5.32 Å². The molecule has 2 aromatic heterocycles. The highest BCUT2D eigenvalue weighted by Crippen LogP contribution is 2.22. The number of hydrogen-bond donors (Lipinski definition) is 2. The number of H-pyrrole nitrogens is 1. The van der Waals surface area contributed by atoms with E-state index in [9.17, 15) is 9.59 Å². The Hall–Kier alpha value is -2.47. The third kappa shape index (κ3) is 3.48. The van der Waals surface area contributed by atoms with Gasteiger partial charge in [0, 0.05) is 28.2 Å². The second-order valence-corrected chi connectivity index (χ2v) is 6.86. The number of aromatic amines is 1. The highest BCUT2D eigenvalue weighted by molar-refractivity contribution is 7.12. The Balaban J connectivity index is 1.59. The fourth-order valence-corrected chi connectivity index (χ4v) is 3.42. The second kappa shape index (κ2) is 6.34. The number of carbonyl (C=O) groups is 2. The first-order chi connectivity index (χ1) is 11.0. The van der Waals surface area contributed by atoms with Crippen molar-refractivity contribution < 1.29 is 9.59 Å². The van der Waals surface area contributed by atoms with Crippen LogP contribution in [0.4, 0.5) is 5.95 Å². The number of fused-ring (bicyclic) bond motifs is 1. The molecule has 0 spiro atoms. The minimum atomic E-state index is -0.220. The number of nitrogens with zero attached hydrogens (tertiary/aromatic N) is 1. The molecule has 5 nitrogen and oxygen atoms in total. The van der Waals surface area contributed by atoms with Gasteiger partial charge in [-0.3, -0.25) is 14.9 Å². The number of para-hydroxylation sites is 2. The fraction of sp³-hybridized carbons (Fsp3) is 0.235. The average Bonchev–Trinajstić information content (AvgIpc) is 3.06. The van der Waals surface area contributed by atoms with Crippen LogP contribution in [0, 0.1) is 13.8 Å². The van der Waals surface area contributed by atoms with Gasteiger partial charge >= 0.3 is 0 Å². The van der Waals surface area contributed by atoms with Gasteiger partial charge in [0.2, 0.25) is 11.9 Å². The topological polar surface area (TPSA) is 74.8 Å². The molecule has 0 atom stereocenters. The van der Waals surface area contributed by atoms with E-state index >= 15 is 0 Å². The maximum atomic E-state index is 12.2. The van der Waals surface area contributed by atoms with Crippen LogP contribution < -0.4 is 5.32 Å². The number of carbonyl (C=O) groups excluding carboxylic acids is 2. The van der Waals surface area contributed by atoms with Crippen LogP contribution in [0.25, 0.3) is 11.0 Å². The number of aryl methyl sites for hydroxylation is 2. The third-order valence-electron chi connectivity index (χ3n) is 3.57. The molecule has 0 aliphatic heterocycles. The Kier molecular flexibility index (Phi) is 4.25. The van der Waals surface area contributed by atoms with Crippen LogP contribution in [-0.4, -0.2) is 21.7 Å². The van der Waals surface area contributed by atoms with E-state index in [1.807, 2.05) is 44.2 Å². The first kappa shape index (κ1) is 15.4. The van der Waals surface area contributed by atoms with Gasteiger partial charge in [-0.2, -0.15) is 0 Å². The summed E-state index contributed by atoms with van der Waals surface area (Å²) in [7, 11) is 0. The van der Waals surface area contributed by atoms with E-state index in [4.69, 9.17) is 0 Å². The molecule has 1 aromatic carbocycles. The quantitative estimate of drug-likeness (QED) is 0.699. The number of rotatable bonds is 5. The van der Waals surface area contributed by atoms with E-state index in [1.165, 1.54) is 0 Å². The summed E-state index contributed by atoms with van der Waals surface area (Å²) in [6.45, 7) is 3.90. The van der Waals surface area contributed by atoms with Crippen LogP contribution in [0.15, 0.2) is 30.3 Å². The molecule has 0 saturated carbocycles. The average molecular weight is 327 g/mol. The van der Waals surface area contributed by atoms with Gasteiger partial charge in [-0.25, -0.2) is 4.98 Å². The maximum absolute atomic E-state index is 12.2. The highest BCUT2D eigenvalue weighted by atomic mass is 32.1. The van der Waals surface area contributed by atoms with E-state index in [0.29, 0.717) is 5.95 Å². The highest BCUT2D eigenvalue weighted by Gasteiger charge is 2.14. The van der Waals surface area contributed by atoms with E-state index < -0.39 is 0 Å². The predicted octanol–water partition coefficient (Wildman–Crippen LogP) is 3.84. The lowest BCUT2D eigenvalue weighted by atomic mass is 10.1. The van der Waals surface area contributed by atoms with Gasteiger partial charge in [-0.15, -0.1) is 11.3 Å². The van der Waals surface area contributed by atoms with Crippen LogP contribution in [0.5, 0.6) is 0 Å². The summed E-state index contributed by atoms with van der Waals surface area (Å²) in [6.07, 6.45) is 0.341. The molecule has 3 aromatic rings. The summed E-state index contributed by atoms with van der Waals surface area (Å²) in [5.41, 5.74) is 2.38. The van der Waals surface area contributed by atoms with Gasteiger partial charge < -0.3 is 4.98 Å². The largest absolute Gasteiger partial charge is 0.324 e. The Morgan fingerprint density at radius 3 is 2.70 bits per heavy atom. The monoisotopic (exact) mass is 327 g/mol. The number of imidazole rings is 1. The third-order valence-corrected chi connectivity index (χ3v) is 4.53. The van der Waals surface area contributed by atoms with E-state index in [1.54, 1.807) is 11.3 Å². The summed E-state index contributed by atoms with van der Waals surface area (Å²) in [6, 6.07) is 9.43. The molecule has 0 aliphatic rings. The van der Waals surface area contributed by atoms with Crippen LogP contribution in [-0.2, 0) is 4.79 Å². The van der Waals surface area contributed by atoms with Gasteiger partial charge in [-0.05, 0) is 32.0 Å². The molecule has 0 unspecified atom stereocenters. The number of aromatic nitrogens is 2. The predicted molar refractivity (Wildman–Crippen MR) is 92.1 cm³/mol. The molecule has 2 heterocycles. The number of hydrogen-bond acceptors (Lipinski definition) is 4. The normalized spacial score (nSPS) is 10.9. The molecule has 6 heteroatoms. The molecular formula is C17H17N3O2S. The molecule has 3 rings (SSSR count). The number of Topliss-reactive ketones (excluding diaryl/α,β-unsaturated/α-hetero) is 1. The van der Waals surface area contributed by atoms with Crippen molar-refractivity contribution in [3.8, 4) is 0 Å². The first-order valence-electron chi connectivity index (χ1n) is 7.38. The summed E-state index contributed by atoms with van der Waals surface area (Å²) in [4.78, 5) is 33.6. The van der Waals surface area contributed by atoms with Gasteiger partial charge in [-0.1, -0.05) is 12.1 Å². The number of amides is 1. The van der Waals surface area contributed by atoms with Crippen molar-refractivity contribution in [3.05, 3.63) is 45.6 Å². The van der Waals surface area contributed by atoms with Crippen molar-refractivity contribution in [2.45, 2.75) is 26.7 Å². The van der Waals surface area contributed by atoms with Gasteiger partial charge in [0.15, 0.2) is 5.78 Å². The summed E-state index contributed by atoms with van der Waals surface area (Å²) >= 11 is 1.60. The van der Waals surface area contributed by atoms with Crippen LogP contribution in [0.1, 0.15) is 33.0 Å². The van der Waals surface area contributed by atoms with Gasteiger partial charge in [0.1, 0.15) is 0 Å². The number of anilines is 1. The Labute approximate surface area is 137 Å². The molecular weight excluding hydrogens is 310 g/mol. The zero-order valence-corrected chi connectivity index (χ0v) is 13.8. The Bertz CT molecular complexity index is 846. The summed E-state index contributed by atoms with van der Waals surface area (Å²) in [5, 5.41) is 2.70. The van der Waals surface area contributed by atoms with E-state index in [-0.39, 0.29) is 24.5 Å². The fourth-order valence-electron chi connectivity index (χ4n) is 2.48. The maximum Gasteiger partial charge on any atom is 0.227 e. The molecule has 2 N–H and O–H groups in total. The minimum Gasteiger partial charge on any atom is -0.324 e. The molecule has 0 bridgehead atoms. The molecule has 0 radical (unpaired) electrons. The number of thiophene rings is 1. The molecule has 0 aliphatic carbocycles. The van der Waals surface area contributed by atoms with E-state index in [2.05, 4.69) is 15.3 Å². The zero-order valence-electron chi connectivity index (χ0n) is 13.0. The Morgan fingerprint density at radius 2 is 2.00 bits per heavy atom. The SMILES string of the molecule is Cc1cc(C(=O)CCC(=O)Nc2nc3ccccc3[nH]2)c(C)s1. The van der Waals surface area contributed by atoms with Crippen molar-refractivity contribution in [3.63, 3.8) is 0 Å². The molecule has 118 valence electrons. The number of ketones is 1. The lowest BCUT2D eigenvalue weighted by Gasteiger charge is -2.01. The first-order valence-corrected chi connectivity index (χ1v) is 8.19. The van der Waals surface area contributed by atoms with Crippen LogP contribution in [0.3, 0.4) is 0 Å². The zero-order chi connectivity index (χ0) is 16.4. The Morgan fingerprint density at radius 1 is 1.22 bits per heavy atom. The van der Waals surface area contributed by atoms with Crippen molar-refractivity contribution >= 4 is 40.0 Å². The lowest BCUT2D eigenvalue weighted by Crippen LogP contribution is -2.14. The van der Waals surface area contributed by atoms with E-state index in [0.717, 1.165) is 26.4 Å². The van der Waals surface area contributed by atoms with Crippen LogP contribution in [0.2, 0.25) is 0 Å². The lowest BCUT2D eigenvalue weighted by molar-refractivity contribution is -0.116. The van der Waals surface area contributed by atoms with Crippen molar-refractivity contribution in [1.82, 2.24) is 9.97 Å². The van der Waals surface area contributed by atoms with Gasteiger partial charge in [0.25, 0.3) is 0 Å². The molecule has 1 amide bonds. The standard InChI is InChI=1S/C17H17N3O2S/c1-10-9-12(11(2)23-10)15(21)7-8-16(22)20-17-18-13-5-3-4-6-14(13)19-17/h3-6,9H,7-8H2,1-2H3,(H2,18,19,20,22). The molecule has 0 saturated heterocycles. The van der Waals surface area contributed by atoms with Crippen LogP contribution >= 0.6 is 11.3 Å². The van der Waals surface area contributed by atoms with Gasteiger partial charge in [0.05, 0.1) is 11.0 Å². The minimum absolute atomic E-state index is 0.00612. The molecule has 23 heavy (non-hydrogen) atoms. The number of benzene rings is 1.